The van der Waals surface area contributed by atoms with Crippen molar-refractivity contribution in [3.8, 4) is 0 Å². The third-order valence-electron chi connectivity index (χ3n) is 6.29. The van der Waals surface area contributed by atoms with Crippen LogP contribution in [0.2, 0.25) is 10.0 Å². The Hall–Kier alpha value is -4.18. The number of nitrogens with two attached hydrogens (primary N) is 1. The third kappa shape index (κ3) is 6.12. The first-order chi connectivity index (χ1) is 18.9. The molecule has 2 heterocycles. The van der Waals surface area contributed by atoms with Crippen molar-refractivity contribution in [2.24, 2.45) is 5.73 Å². The molecule has 5 N–H and O–H groups in total. The number of H-pyrrole nitrogens is 1. The van der Waals surface area contributed by atoms with Crippen LogP contribution in [0.4, 0.5) is 11.5 Å². The molecule has 2 amide bonds. The van der Waals surface area contributed by atoms with E-state index in [2.05, 4.69) is 25.8 Å². The van der Waals surface area contributed by atoms with E-state index in [4.69, 9.17) is 28.9 Å². The molecule has 0 bridgehead atoms. The lowest BCUT2D eigenvalue weighted by Crippen LogP contribution is -2.23. The SMILES string of the molecule is NCCC(C(=O)Nc1ccc2[nH]nc(NC(=O)c3cccc(Cn4ccnc4)c3)c2c1)c1ccc(Cl)c(Cl)c1. The van der Waals surface area contributed by atoms with E-state index >= 15 is 0 Å². The van der Waals surface area contributed by atoms with E-state index in [1.807, 2.05) is 29.0 Å². The molecule has 1 atom stereocenters. The monoisotopic (exact) mass is 561 g/mol. The standard InChI is InChI=1S/C28H25Cl2N7O2/c29-23-6-4-18(13-24(23)30)21(8-9-31)28(39)33-20-5-7-25-22(14-20)26(36-35-25)34-27(38)19-3-1-2-17(12-19)15-37-11-10-32-16-37/h1-7,10-14,16,21H,8-9,15,31H2,(H,33,39)(H2,34,35,36,38). The highest BCUT2D eigenvalue weighted by Crippen LogP contribution is 2.30. The Balaban J connectivity index is 1.33. The number of fused-ring (bicyclic) bond motifs is 1. The minimum atomic E-state index is -0.515. The van der Waals surface area contributed by atoms with Crippen LogP contribution in [-0.2, 0) is 11.3 Å². The molecule has 39 heavy (non-hydrogen) atoms. The summed E-state index contributed by atoms with van der Waals surface area (Å²) in [6.45, 7) is 0.918. The Morgan fingerprint density at radius 3 is 2.67 bits per heavy atom. The number of hydrogen-bond donors (Lipinski definition) is 4. The first kappa shape index (κ1) is 26.4. The number of anilines is 2. The number of benzene rings is 3. The fourth-order valence-electron chi connectivity index (χ4n) is 4.34. The lowest BCUT2D eigenvalue weighted by molar-refractivity contribution is -0.117. The predicted molar refractivity (Wildman–Crippen MR) is 153 cm³/mol. The number of aromatic amines is 1. The van der Waals surface area contributed by atoms with Crippen molar-refractivity contribution in [3.05, 3.63) is 106 Å². The van der Waals surface area contributed by atoms with E-state index in [0.29, 0.717) is 57.5 Å². The predicted octanol–water partition coefficient (Wildman–Crippen LogP) is 5.44. The van der Waals surface area contributed by atoms with Crippen LogP contribution < -0.4 is 16.4 Å². The Labute approximate surface area is 234 Å². The highest BCUT2D eigenvalue weighted by Gasteiger charge is 2.21. The fraction of sp³-hybridized carbons (Fsp3) is 0.143. The quantitative estimate of drug-likeness (QED) is 0.190. The molecule has 1 unspecified atom stereocenters. The molecular weight excluding hydrogens is 537 g/mol. The maximum Gasteiger partial charge on any atom is 0.256 e. The molecule has 5 rings (SSSR count). The van der Waals surface area contributed by atoms with Crippen molar-refractivity contribution in [3.63, 3.8) is 0 Å². The van der Waals surface area contributed by atoms with Crippen molar-refractivity contribution in [1.82, 2.24) is 19.7 Å². The molecule has 3 aromatic carbocycles. The second-order valence-electron chi connectivity index (χ2n) is 9.01. The zero-order valence-corrected chi connectivity index (χ0v) is 22.2. The van der Waals surface area contributed by atoms with Gasteiger partial charge in [-0.2, -0.15) is 5.10 Å². The van der Waals surface area contributed by atoms with Crippen LogP contribution >= 0.6 is 23.2 Å². The minimum absolute atomic E-state index is 0.234. The van der Waals surface area contributed by atoms with Crippen molar-refractivity contribution >= 4 is 57.4 Å². The normalized spacial score (nSPS) is 11.9. The molecule has 0 saturated heterocycles. The van der Waals surface area contributed by atoms with Crippen molar-refractivity contribution < 1.29 is 9.59 Å². The number of carbonyl (C=O) groups is 2. The summed E-state index contributed by atoms with van der Waals surface area (Å²) in [6, 6.07) is 17.8. The number of halogens is 2. The molecule has 0 radical (unpaired) electrons. The van der Waals surface area contributed by atoms with Gasteiger partial charge in [0.05, 0.1) is 27.8 Å². The molecule has 2 aromatic heterocycles. The van der Waals surface area contributed by atoms with Crippen molar-refractivity contribution in [1.29, 1.82) is 0 Å². The van der Waals surface area contributed by atoms with Gasteiger partial charge in [0.15, 0.2) is 5.82 Å². The molecule has 0 aliphatic rings. The molecule has 0 saturated carbocycles. The Bertz CT molecular complexity index is 1630. The molecule has 0 aliphatic heterocycles. The molecule has 0 aliphatic carbocycles. The summed E-state index contributed by atoms with van der Waals surface area (Å²) in [5.74, 6) is -0.692. The summed E-state index contributed by atoms with van der Waals surface area (Å²) in [6.07, 6.45) is 5.73. The number of rotatable bonds is 9. The van der Waals surface area contributed by atoms with Gasteiger partial charge in [0.25, 0.3) is 5.91 Å². The molecule has 0 fully saturated rings. The maximum absolute atomic E-state index is 13.2. The second kappa shape index (κ2) is 11.7. The van der Waals surface area contributed by atoms with E-state index in [1.165, 1.54) is 0 Å². The average molecular weight is 562 g/mol. The van der Waals surface area contributed by atoms with E-state index in [-0.39, 0.29) is 11.8 Å². The first-order valence-electron chi connectivity index (χ1n) is 12.2. The van der Waals surface area contributed by atoms with Crippen LogP contribution in [0.25, 0.3) is 10.9 Å². The van der Waals surface area contributed by atoms with Gasteiger partial charge in [0.2, 0.25) is 5.91 Å². The Morgan fingerprint density at radius 1 is 1.03 bits per heavy atom. The van der Waals surface area contributed by atoms with Crippen LogP contribution in [0.1, 0.15) is 33.8 Å². The first-order valence-corrected chi connectivity index (χ1v) is 13.0. The van der Waals surface area contributed by atoms with Crippen LogP contribution in [-0.4, -0.2) is 38.1 Å². The second-order valence-corrected chi connectivity index (χ2v) is 9.83. The van der Waals surface area contributed by atoms with Gasteiger partial charge in [-0.1, -0.05) is 41.4 Å². The van der Waals surface area contributed by atoms with Gasteiger partial charge in [-0.15, -0.1) is 0 Å². The largest absolute Gasteiger partial charge is 0.333 e. The molecule has 0 spiro atoms. The number of hydrogen-bond acceptors (Lipinski definition) is 5. The van der Waals surface area contributed by atoms with E-state index in [0.717, 1.165) is 11.1 Å². The number of imidazole rings is 1. The molecule has 5 aromatic rings. The molecule has 9 nitrogen and oxygen atoms in total. The van der Waals surface area contributed by atoms with Gasteiger partial charge in [-0.25, -0.2) is 4.98 Å². The van der Waals surface area contributed by atoms with Gasteiger partial charge in [-0.3, -0.25) is 14.7 Å². The van der Waals surface area contributed by atoms with Crippen LogP contribution in [0, 0.1) is 0 Å². The van der Waals surface area contributed by atoms with E-state index in [9.17, 15) is 9.59 Å². The minimum Gasteiger partial charge on any atom is -0.333 e. The van der Waals surface area contributed by atoms with E-state index in [1.54, 1.807) is 55.0 Å². The highest BCUT2D eigenvalue weighted by molar-refractivity contribution is 6.42. The van der Waals surface area contributed by atoms with Gasteiger partial charge in [0.1, 0.15) is 0 Å². The summed E-state index contributed by atoms with van der Waals surface area (Å²) in [4.78, 5) is 30.3. The number of carbonyl (C=O) groups excluding carboxylic acids is 2. The smallest absolute Gasteiger partial charge is 0.256 e. The molecule has 11 heteroatoms. The Morgan fingerprint density at radius 2 is 1.90 bits per heavy atom. The van der Waals surface area contributed by atoms with Crippen LogP contribution in [0.5, 0.6) is 0 Å². The lowest BCUT2D eigenvalue weighted by Gasteiger charge is -2.17. The maximum atomic E-state index is 13.2. The lowest BCUT2D eigenvalue weighted by atomic mass is 9.94. The van der Waals surface area contributed by atoms with Gasteiger partial charge < -0.3 is 20.9 Å². The molecule has 198 valence electrons. The van der Waals surface area contributed by atoms with Crippen molar-refractivity contribution in [2.45, 2.75) is 18.9 Å². The number of amides is 2. The number of aromatic nitrogens is 4. The summed E-state index contributed by atoms with van der Waals surface area (Å²) >= 11 is 12.2. The van der Waals surface area contributed by atoms with Crippen molar-refractivity contribution in [2.75, 3.05) is 17.2 Å². The van der Waals surface area contributed by atoms with Gasteiger partial charge in [-0.05, 0) is 66.6 Å². The van der Waals surface area contributed by atoms with Gasteiger partial charge in [0, 0.05) is 35.6 Å². The summed E-state index contributed by atoms with van der Waals surface area (Å²) in [5.41, 5.74) is 9.23. The van der Waals surface area contributed by atoms with Crippen LogP contribution in [0.3, 0.4) is 0 Å². The topological polar surface area (TPSA) is 131 Å². The zero-order valence-electron chi connectivity index (χ0n) is 20.7. The average Bonchev–Trinajstić information content (AvgIpc) is 3.59. The summed E-state index contributed by atoms with van der Waals surface area (Å²) < 4.78 is 1.92. The van der Waals surface area contributed by atoms with E-state index < -0.39 is 5.92 Å². The van der Waals surface area contributed by atoms with Crippen LogP contribution in [0.15, 0.2) is 79.4 Å². The highest BCUT2D eigenvalue weighted by atomic mass is 35.5. The third-order valence-corrected chi connectivity index (χ3v) is 7.03. The Kier molecular flexibility index (Phi) is 7.92. The fourth-order valence-corrected chi connectivity index (χ4v) is 4.65. The zero-order chi connectivity index (χ0) is 27.4. The molecular formula is C28H25Cl2N7O2. The summed E-state index contributed by atoms with van der Waals surface area (Å²) in [5, 5.41) is 14.4. The summed E-state index contributed by atoms with van der Waals surface area (Å²) in [7, 11) is 0. The van der Waals surface area contributed by atoms with Gasteiger partial charge >= 0.3 is 0 Å². The number of nitrogens with zero attached hydrogens (tertiary/aromatic N) is 3. The number of nitrogens with one attached hydrogen (secondary N) is 3.